The Bertz CT molecular complexity index is 701. The van der Waals surface area contributed by atoms with Crippen molar-refractivity contribution < 1.29 is 19.4 Å². The Labute approximate surface area is 127 Å². The van der Waals surface area contributed by atoms with Crippen molar-refractivity contribution in [3.63, 3.8) is 0 Å². The quantitative estimate of drug-likeness (QED) is 0.784. The van der Waals surface area contributed by atoms with Gasteiger partial charge in [-0.15, -0.1) is 0 Å². The molecule has 1 aliphatic heterocycles. The molecule has 1 aliphatic rings. The summed E-state index contributed by atoms with van der Waals surface area (Å²) >= 11 is 0. The fourth-order valence-electron chi connectivity index (χ4n) is 2.82. The average molecular weight is 302 g/mol. The second kappa shape index (κ2) is 6.19. The maximum Gasteiger partial charge on any atom is 0.352 e. The maximum atomic E-state index is 12.1. The van der Waals surface area contributed by atoms with Gasteiger partial charge in [-0.05, 0) is 18.9 Å². The number of H-pyrrole nitrogens is 1. The van der Waals surface area contributed by atoms with Crippen LogP contribution in [0.4, 0.5) is 0 Å². The van der Waals surface area contributed by atoms with Gasteiger partial charge in [-0.2, -0.15) is 0 Å². The highest BCUT2D eigenvalue weighted by Crippen LogP contribution is 2.23. The smallest absolute Gasteiger partial charge is 0.352 e. The molecule has 0 bridgehead atoms. The molecule has 116 valence electrons. The van der Waals surface area contributed by atoms with Crippen molar-refractivity contribution in [2.24, 2.45) is 0 Å². The number of fused-ring (bicyclic) bond motifs is 1. The van der Waals surface area contributed by atoms with Crippen molar-refractivity contribution in [1.29, 1.82) is 0 Å². The lowest BCUT2D eigenvalue weighted by molar-refractivity contribution is -0.120. The molecule has 3 rings (SSSR count). The van der Waals surface area contributed by atoms with E-state index in [2.05, 4.69) is 10.3 Å². The number of aromatic amines is 1. The number of carbonyl (C=O) groups is 2. The summed E-state index contributed by atoms with van der Waals surface area (Å²) in [6.07, 6.45) is 2.09. The first-order valence-corrected chi connectivity index (χ1v) is 7.36. The Balaban J connectivity index is 1.75. The highest BCUT2D eigenvalue weighted by atomic mass is 16.5. The van der Waals surface area contributed by atoms with Crippen LogP contribution in [0.15, 0.2) is 24.3 Å². The first-order valence-electron chi connectivity index (χ1n) is 7.36. The van der Waals surface area contributed by atoms with Crippen molar-refractivity contribution in [3.05, 3.63) is 35.5 Å². The number of ether oxygens (including phenoxy) is 1. The number of rotatable bonds is 5. The van der Waals surface area contributed by atoms with Crippen molar-refractivity contribution in [1.82, 2.24) is 10.3 Å². The number of hydrogen-bond donors (Lipinski definition) is 3. The summed E-state index contributed by atoms with van der Waals surface area (Å²) in [5, 5.41) is 12.9. The first-order chi connectivity index (χ1) is 10.6. The van der Waals surface area contributed by atoms with Crippen LogP contribution in [0.3, 0.4) is 0 Å². The summed E-state index contributed by atoms with van der Waals surface area (Å²) in [4.78, 5) is 26.3. The minimum atomic E-state index is -1.06. The third-order valence-electron chi connectivity index (χ3n) is 3.92. The zero-order valence-corrected chi connectivity index (χ0v) is 12.1. The fourth-order valence-corrected chi connectivity index (χ4v) is 2.82. The minimum Gasteiger partial charge on any atom is -0.477 e. The molecule has 1 amide bonds. The van der Waals surface area contributed by atoms with Crippen LogP contribution >= 0.6 is 0 Å². The SMILES string of the molecule is O=C(Cc1c(C(=O)O)[nH]c2ccccc12)NCC1CCCO1. The van der Waals surface area contributed by atoms with Crippen LogP contribution in [0.5, 0.6) is 0 Å². The number of hydrogen-bond acceptors (Lipinski definition) is 3. The van der Waals surface area contributed by atoms with Crippen LogP contribution < -0.4 is 5.32 Å². The van der Waals surface area contributed by atoms with Gasteiger partial charge in [-0.3, -0.25) is 4.79 Å². The number of carboxylic acid groups (broad SMARTS) is 1. The molecule has 22 heavy (non-hydrogen) atoms. The molecule has 1 unspecified atom stereocenters. The van der Waals surface area contributed by atoms with Gasteiger partial charge in [0.15, 0.2) is 0 Å². The molecular formula is C16H18N2O4. The van der Waals surface area contributed by atoms with E-state index >= 15 is 0 Å². The monoisotopic (exact) mass is 302 g/mol. The number of nitrogens with one attached hydrogen (secondary N) is 2. The summed E-state index contributed by atoms with van der Waals surface area (Å²) in [6, 6.07) is 7.28. The van der Waals surface area contributed by atoms with E-state index in [1.54, 1.807) is 6.07 Å². The van der Waals surface area contributed by atoms with Crippen molar-refractivity contribution in [3.8, 4) is 0 Å². The Morgan fingerprint density at radius 1 is 1.36 bits per heavy atom. The van der Waals surface area contributed by atoms with Crippen molar-refractivity contribution in [2.45, 2.75) is 25.4 Å². The number of aromatic carboxylic acids is 1. The molecule has 1 saturated heterocycles. The van der Waals surface area contributed by atoms with Gasteiger partial charge in [0, 0.05) is 29.6 Å². The second-order valence-corrected chi connectivity index (χ2v) is 5.45. The standard InChI is InChI=1S/C16H18N2O4/c19-14(17-9-10-4-3-7-22-10)8-12-11-5-1-2-6-13(11)18-15(12)16(20)21/h1-2,5-6,10,18H,3-4,7-9H2,(H,17,19)(H,20,21). The number of carboxylic acids is 1. The molecule has 1 aromatic carbocycles. The summed E-state index contributed by atoms with van der Waals surface area (Å²) in [5.41, 5.74) is 1.32. The highest BCUT2D eigenvalue weighted by molar-refractivity contribution is 5.99. The van der Waals surface area contributed by atoms with Crippen LogP contribution in [0.25, 0.3) is 10.9 Å². The van der Waals surface area contributed by atoms with Crippen molar-refractivity contribution >= 4 is 22.8 Å². The van der Waals surface area contributed by atoms with Gasteiger partial charge in [-0.1, -0.05) is 18.2 Å². The molecular weight excluding hydrogens is 284 g/mol. The Morgan fingerprint density at radius 2 is 2.18 bits per heavy atom. The molecule has 1 aromatic heterocycles. The zero-order chi connectivity index (χ0) is 15.5. The molecule has 2 aromatic rings. The largest absolute Gasteiger partial charge is 0.477 e. The summed E-state index contributed by atoms with van der Waals surface area (Å²) < 4.78 is 5.46. The normalized spacial score (nSPS) is 17.7. The fraction of sp³-hybridized carbons (Fsp3) is 0.375. The highest BCUT2D eigenvalue weighted by Gasteiger charge is 2.20. The van der Waals surface area contributed by atoms with E-state index in [0.29, 0.717) is 12.1 Å². The Kier molecular flexibility index (Phi) is 4.11. The molecule has 0 saturated carbocycles. The Morgan fingerprint density at radius 3 is 2.91 bits per heavy atom. The zero-order valence-electron chi connectivity index (χ0n) is 12.1. The van der Waals surface area contributed by atoms with Gasteiger partial charge in [0.25, 0.3) is 0 Å². The van der Waals surface area contributed by atoms with E-state index in [9.17, 15) is 14.7 Å². The number of para-hydroxylation sites is 1. The summed E-state index contributed by atoms with van der Waals surface area (Å²) in [7, 11) is 0. The number of amides is 1. The van der Waals surface area contributed by atoms with Gasteiger partial charge in [0.2, 0.25) is 5.91 Å². The molecule has 0 radical (unpaired) electrons. The molecule has 1 atom stereocenters. The second-order valence-electron chi connectivity index (χ2n) is 5.45. The van der Waals surface area contributed by atoms with E-state index in [4.69, 9.17) is 4.74 Å². The third-order valence-corrected chi connectivity index (χ3v) is 3.92. The molecule has 6 heteroatoms. The van der Waals surface area contributed by atoms with Crippen molar-refractivity contribution in [2.75, 3.05) is 13.2 Å². The molecule has 3 N–H and O–H groups in total. The van der Waals surface area contributed by atoms with Gasteiger partial charge < -0.3 is 20.1 Å². The molecule has 0 spiro atoms. The number of aromatic nitrogens is 1. The maximum absolute atomic E-state index is 12.1. The van der Waals surface area contributed by atoms with Gasteiger partial charge in [0.05, 0.1) is 12.5 Å². The lowest BCUT2D eigenvalue weighted by Crippen LogP contribution is -2.33. The van der Waals surface area contributed by atoms with E-state index in [-0.39, 0.29) is 24.1 Å². The predicted octanol–water partition coefficient (Wildman–Crippen LogP) is 1.70. The lowest BCUT2D eigenvalue weighted by atomic mass is 10.1. The number of carbonyl (C=O) groups excluding carboxylic acids is 1. The van der Waals surface area contributed by atoms with Crippen LogP contribution in [-0.2, 0) is 16.0 Å². The summed E-state index contributed by atoms with van der Waals surface area (Å²) in [6.45, 7) is 1.22. The predicted molar refractivity (Wildman–Crippen MR) is 80.9 cm³/mol. The van der Waals surface area contributed by atoms with Gasteiger partial charge in [0.1, 0.15) is 5.69 Å². The topological polar surface area (TPSA) is 91.4 Å². The van der Waals surface area contributed by atoms with Crippen LogP contribution in [-0.4, -0.2) is 41.2 Å². The third kappa shape index (κ3) is 2.96. The van der Waals surface area contributed by atoms with Crippen LogP contribution in [0.1, 0.15) is 28.9 Å². The minimum absolute atomic E-state index is 0.0400. The molecule has 2 heterocycles. The Hall–Kier alpha value is -2.34. The van der Waals surface area contributed by atoms with E-state index < -0.39 is 5.97 Å². The van der Waals surface area contributed by atoms with Crippen LogP contribution in [0.2, 0.25) is 0 Å². The molecule has 0 aliphatic carbocycles. The van der Waals surface area contributed by atoms with Crippen LogP contribution in [0, 0.1) is 0 Å². The van der Waals surface area contributed by atoms with Gasteiger partial charge >= 0.3 is 5.97 Å². The molecule has 1 fully saturated rings. The molecule has 6 nitrogen and oxygen atoms in total. The lowest BCUT2D eigenvalue weighted by Gasteiger charge is -2.10. The summed E-state index contributed by atoms with van der Waals surface area (Å²) in [5.74, 6) is -1.25. The van der Waals surface area contributed by atoms with E-state index in [1.807, 2.05) is 18.2 Å². The van der Waals surface area contributed by atoms with E-state index in [0.717, 1.165) is 30.4 Å². The van der Waals surface area contributed by atoms with E-state index in [1.165, 1.54) is 0 Å². The van der Waals surface area contributed by atoms with Gasteiger partial charge in [-0.25, -0.2) is 4.79 Å². The first kappa shape index (κ1) is 14.6. The average Bonchev–Trinajstić information content (AvgIpc) is 3.13. The number of benzene rings is 1.